The molecule has 0 aliphatic rings. The number of ether oxygens (including phenoxy) is 2. The summed E-state index contributed by atoms with van der Waals surface area (Å²) >= 11 is 0. The standard InChI is InChI=1S/C15H25NO2/c1-5-18-14-7-6-13(10-15(14)17-4)9-11(2)8-12(3)16/h6-7,10-12H,5,8-9,16H2,1-4H3. The molecule has 0 fully saturated rings. The highest BCUT2D eigenvalue weighted by molar-refractivity contribution is 5.43. The van der Waals surface area contributed by atoms with Gasteiger partial charge >= 0.3 is 0 Å². The minimum atomic E-state index is 0.254. The second kappa shape index (κ2) is 7.27. The Morgan fingerprint density at radius 1 is 1.22 bits per heavy atom. The molecule has 3 heteroatoms. The summed E-state index contributed by atoms with van der Waals surface area (Å²) < 4.78 is 10.9. The predicted molar refractivity (Wildman–Crippen MR) is 75.3 cm³/mol. The fourth-order valence-corrected chi connectivity index (χ4v) is 2.23. The van der Waals surface area contributed by atoms with Gasteiger partial charge in [0.25, 0.3) is 0 Å². The van der Waals surface area contributed by atoms with Crippen LogP contribution in [0, 0.1) is 5.92 Å². The van der Waals surface area contributed by atoms with Gasteiger partial charge in [0.2, 0.25) is 0 Å². The van der Waals surface area contributed by atoms with Crippen molar-refractivity contribution in [2.45, 2.75) is 39.7 Å². The van der Waals surface area contributed by atoms with E-state index < -0.39 is 0 Å². The van der Waals surface area contributed by atoms with Crippen LogP contribution in [0.25, 0.3) is 0 Å². The molecule has 1 aromatic carbocycles. The Labute approximate surface area is 110 Å². The Morgan fingerprint density at radius 3 is 2.50 bits per heavy atom. The first kappa shape index (κ1) is 14.8. The number of benzene rings is 1. The van der Waals surface area contributed by atoms with Crippen molar-refractivity contribution < 1.29 is 9.47 Å². The van der Waals surface area contributed by atoms with E-state index in [1.165, 1.54) is 5.56 Å². The van der Waals surface area contributed by atoms with Gasteiger partial charge in [-0.2, -0.15) is 0 Å². The van der Waals surface area contributed by atoms with Crippen molar-refractivity contribution in [3.05, 3.63) is 23.8 Å². The summed E-state index contributed by atoms with van der Waals surface area (Å²) in [5.41, 5.74) is 7.09. The number of nitrogens with two attached hydrogens (primary N) is 1. The fourth-order valence-electron chi connectivity index (χ4n) is 2.23. The normalized spacial score (nSPS) is 14.1. The highest BCUT2D eigenvalue weighted by Crippen LogP contribution is 2.29. The molecule has 2 unspecified atom stereocenters. The van der Waals surface area contributed by atoms with Gasteiger partial charge in [0, 0.05) is 6.04 Å². The number of hydrogen-bond acceptors (Lipinski definition) is 3. The summed E-state index contributed by atoms with van der Waals surface area (Å²) in [5, 5.41) is 0. The first-order valence-electron chi connectivity index (χ1n) is 6.62. The van der Waals surface area contributed by atoms with Gasteiger partial charge in [-0.15, -0.1) is 0 Å². The van der Waals surface area contributed by atoms with Crippen LogP contribution in [0.4, 0.5) is 0 Å². The van der Waals surface area contributed by atoms with E-state index in [2.05, 4.69) is 26.0 Å². The van der Waals surface area contributed by atoms with E-state index >= 15 is 0 Å². The van der Waals surface area contributed by atoms with E-state index in [-0.39, 0.29) is 6.04 Å². The van der Waals surface area contributed by atoms with E-state index in [0.717, 1.165) is 24.3 Å². The van der Waals surface area contributed by atoms with E-state index in [1.807, 2.05) is 13.0 Å². The summed E-state index contributed by atoms with van der Waals surface area (Å²) in [6.45, 7) is 6.90. The van der Waals surface area contributed by atoms with E-state index in [9.17, 15) is 0 Å². The van der Waals surface area contributed by atoms with Crippen LogP contribution in [0.15, 0.2) is 18.2 Å². The van der Waals surface area contributed by atoms with Crippen molar-refractivity contribution >= 4 is 0 Å². The molecule has 0 saturated carbocycles. The van der Waals surface area contributed by atoms with Gasteiger partial charge in [-0.1, -0.05) is 13.0 Å². The highest BCUT2D eigenvalue weighted by Gasteiger charge is 2.09. The van der Waals surface area contributed by atoms with Crippen LogP contribution >= 0.6 is 0 Å². The zero-order valence-corrected chi connectivity index (χ0v) is 11.9. The van der Waals surface area contributed by atoms with Gasteiger partial charge in [-0.05, 0) is 50.3 Å². The largest absolute Gasteiger partial charge is 0.493 e. The molecule has 0 spiro atoms. The molecule has 102 valence electrons. The molecule has 0 aliphatic carbocycles. The van der Waals surface area contributed by atoms with Crippen molar-refractivity contribution in [2.75, 3.05) is 13.7 Å². The third kappa shape index (κ3) is 4.57. The Bertz CT molecular complexity index is 364. The molecule has 0 bridgehead atoms. The molecule has 0 heterocycles. The minimum Gasteiger partial charge on any atom is -0.493 e. The van der Waals surface area contributed by atoms with Crippen molar-refractivity contribution in [3.63, 3.8) is 0 Å². The molecule has 1 rings (SSSR count). The fraction of sp³-hybridized carbons (Fsp3) is 0.600. The minimum absolute atomic E-state index is 0.254. The summed E-state index contributed by atoms with van der Waals surface area (Å²) in [4.78, 5) is 0. The van der Waals surface area contributed by atoms with Gasteiger partial charge in [0.15, 0.2) is 11.5 Å². The van der Waals surface area contributed by atoms with Crippen LogP contribution in [0.3, 0.4) is 0 Å². The Balaban J connectivity index is 2.72. The second-order valence-corrected chi connectivity index (χ2v) is 4.94. The van der Waals surface area contributed by atoms with E-state index in [4.69, 9.17) is 15.2 Å². The van der Waals surface area contributed by atoms with Crippen molar-refractivity contribution in [2.24, 2.45) is 11.7 Å². The van der Waals surface area contributed by atoms with E-state index in [1.54, 1.807) is 7.11 Å². The number of rotatable bonds is 7. The molecule has 2 N–H and O–H groups in total. The number of methoxy groups -OCH3 is 1. The molecule has 0 aliphatic heterocycles. The molecule has 0 saturated heterocycles. The zero-order chi connectivity index (χ0) is 13.5. The lowest BCUT2D eigenvalue weighted by Crippen LogP contribution is -2.19. The molecule has 0 radical (unpaired) electrons. The SMILES string of the molecule is CCOc1ccc(CC(C)CC(C)N)cc1OC. The van der Waals surface area contributed by atoms with Crippen LogP contribution < -0.4 is 15.2 Å². The average molecular weight is 251 g/mol. The van der Waals surface area contributed by atoms with Gasteiger partial charge in [-0.25, -0.2) is 0 Å². The van der Waals surface area contributed by atoms with Crippen LogP contribution in [0.2, 0.25) is 0 Å². The van der Waals surface area contributed by atoms with Gasteiger partial charge in [0.05, 0.1) is 13.7 Å². The molecule has 18 heavy (non-hydrogen) atoms. The molecule has 0 amide bonds. The second-order valence-electron chi connectivity index (χ2n) is 4.94. The third-order valence-corrected chi connectivity index (χ3v) is 2.89. The molecular formula is C15H25NO2. The maximum atomic E-state index is 5.82. The Morgan fingerprint density at radius 2 is 1.94 bits per heavy atom. The predicted octanol–water partition coefficient (Wildman–Crippen LogP) is 3.01. The van der Waals surface area contributed by atoms with Crippen LogP contribution in [0.5, 0.6) is 11.5 Å². The first-order chi connectivity index (χ1) is 8.56. The van der Waals surface area contributed by atoms with Crippen molar-refractivity contribution in [1.82, 2.24) is 0 Å². The Hall–Kier alpha value is -1.22. The van der Waals surface area contributed by atoms with Crippen LogP contribution in [-0.2, 0) is 6.42 Å². The third-order valence-electron chi connectivity index (χ3n) is 2.89. The lowest BCUT2D eigenvalue weighted by Gasteiger charge is -2.15. The van der Waals surface area contributed by atoms with Crippen molar-refractivity contribution in [1.29, 1.82) is 0 Å². The smallest absolute Gasteiger partial charge is 0.161 e. The first-order valence-corrected chi connectivity index (χ1v) is 6.62. The van der Waals surface area contributed by atoms with Gasteiger partial charge in [0.1, 0.15) is 0 Å². The van der Waals surface area contributed by atoms with Gasteiger partial charge < -0.3 is 15.2 Å². The summed E-state index contributed by atoms with van der Waals surface area (Å²) in [7, 11) is 1.67. The average Bonchev–Trinajstić information content (AvgIpc) is 2.30. The quantitative estimate of drug-likeness (QED) is 0.810. The lowest BCUT2D eigenvalue weighted by molar-refractivity contribution is 0.310. The molecule has 1 aromatic rings. The summed E-state index contributed by atoms with van der Waals surface area (Å²) in [5.74, 6) is 2.19. The summed E-state index contributed by atoms with van der Waals surface area (Å²) in [6.07, 6.45) is 2.06. The zero-order valence-electron chi connectivity index (χ0n) is 11.9. The van der Waals surface area contributed by atoms with Crippen LogP contribution in [0.1, 0.15) is 32.8 Å². The van der Waals surface area contributed by atoms with Crippen molar-refractivity contribution in [3.8, 4) is 11.5 Å². The van der Waals surface area contributed by atoms with E-state index in [0.29, 0.717) is 12.5 Å². The Kier molecular flexibility index (Phi) is 5.99. The maximum Gasteiger partial charge on any atom is 0.161 e. The maximum absolute atomic E-state index is 5.82. The molecular weight excluding hydrogens is 226 g/mol. The lowest BCUT2D eigenvalue weighted by atomic mass is 9.95. The van der Waals surface area contributed by atoms with Gasteiger partial charge in [-0.3, -0.25) is 0 Å². The topological polar surface area (TPSA) is 44.5 Å². The monoisotopic (exact) mass is 251 g/mol. The molecule has 2 atom stereocenters. The van der Waals surface area contributed by atoms with Crippen LogP contribution in [-0.4, -0.2) is 19.8 Å². The number of hydrogen-bond donors (Lipinski definition) is 1. The molecule has 3 nitrogen and oxygen atoms in total. The molecule has 0 aromatic heterocycles. The summed E-state index contributed by atoms with van der Waals surface area (Å²) in [6, 6.07) is 6.40. The highest BCUT2D eigenvalue weighted by atomic mass is 16.5.